The number of hydrogen-bond donors (Lipinski definition) is 1. The van der Waals surface area contributed by atoms with Gasteiger partial charge >= 0.3 is 5.69 Å². The van der Waals surface area contributed by atoms with Crippen molar-refractivity contribution < 1.29 is 4.92 Å². The van der Waals surface area contributed by atoms with Crippen molar-refractivity contribution in [1.29, 1.82) is 5.26 Å². The smallest absolute Gasteiger partial charge is 0.305 e. The molecule has 0 radical (unpaired) electrons. The van der Waals surface area contributed by atoms with E-state index in [9.17, 15) is 10.1 Å². The molecule has 1 aromatic carbocycles. The Morgan fingerprint density at radius 3 is 2.57 bits per heavy atom. The van der Waals surface area contributed by atoms with Crippen LogP contribution in [-0.4, -0.2) is 9.91 Å². The van der Waals surface area contributed by atoms with Crippen molar-refractivity contribution in [1.82, 2.24) is 4.98 Å². The van der Waals surface area contributed by atoms with Gasteiger partial charge in [0.25, 0.3) is 0 Å². The number of benzene rings is 1. The molecule has 106 valence electrons. The standard InChI is InChI=1S/C14H11ClN4O2/c1-9(10-2-4-11(15)5-3-10)17-14-7-6-13(19(20)21)12(8-16)18-14/h2-7,9H,1H3,(H,17,18). The van der Waals surface area contributed by atoms with Gasteiger partial charge in [-0.1, -0.05) is 23.7 Å². The van der Waals surface area contributed by atoms with Crippen LogP contribution in [0.2, 0.25) is 5.02 Å². The Morgan fingerprint density at radius 1 is 1.33 bits per heavy atom. The van der Waals surface area contributed by atoms with Crippen LogP contribution in [0.25, 0.3) is 0 Å². The lowest BCUT2D eigenvalue weighted by Crippen LogP contribution is -2.08. The third-order valence-electron chi connectivity index (χ3n) is 2.91. The van der Waals surface area contributed by atoms with Crippen LogP contribution in [0.3, 0.4) is 0 Å². The molecule has 1 heterocycles. The molecule has 1 N–H and O–H groups in total. The number of nitrogens with one attached hydrogen (secondary N) is 1. The molecule has 7 heteroatoms. The molecule has 0 saturated carbocycles. The highest BCUT2D eigenvalue weighted by Gasteiger charge is 2.16. The topological polar surface area (TPSA) is 91.9 Å². The fraction of sp³-hybridized carbons (Fsp3) is 0.143. The lowest BCUT2D eigenvalue weighted by Gasteiger charge is -2.15. The SMILES string of the molecule is CC(Nc1ccc([N+](=O)[O-])c(C#N)n1)c1ccc(Cl)cc1. The minimum Gasteiger partial charge on any atom is -0.364 e. The van der Waals surface area contributed by atoms with E-state index < -0.39 is 4.92 Å². The van der Waals surface area contributed by atoms with Crippen molar-refractivity contribution in [2.75, 3.05) is 5.32 Å². The van der Waals surface area contributed by atoms with E-state index in [1.807, 2.05) is 19.1 Å². The highest BCUT2D eigenvalue weighted by atomic mass is 35.5. The quantitative estimate of drug-likeness (QED) is 0.687. The molecule has 1 aromatic heterocycles. The third-order valence-corrected chi connectivity index (χ3v) is 3.16. The van der Waals surface area contributed by atoms with Gasteiger partial charge in [0.1, 0.15) is 11.9 Å². The van der Waals surface area contributed by atoms with E-state index in [4.69, 9.17) is 16.9 Å². The summed E-state index contributed by atoms with van der Waals surface area (Å²) in [5.41, 5.74) is 0.466. The third kappa shape index (κ3) is 3.46. The second-order valence-corrected chi connectivity index (χ2v) is 4.79. The van der Waals surface area contributed by atoms with Crippen LogP contribution in [0.1, 0.15) is 24.2 Å². The Hall–Kier alpha value is -2.65. The zero-order valence-electron chi connectivity index (χ0n) is 11.1. The summed E-state index contributed by atoms with van der Waals surface area (Å²) in [5, 5.41) is 23.4. The number of nitrogens with zero attached hydrogens (tertiary/aromatic N) is 3. The van der Waals surface area contributed by atoms with E-state index in [1.165, 1.54) is 12.1 Å². The number of rotatable bonds is 4. The first-order valence-corrected chi connectivity index (χ1v) is 6.46. The molecule has 2 rings (SSSR count). The molecule has 0 amide bonds. The average Bonchev–Trinajstić information content (AvgIpc) is 2.47. The molecule has 1 atom stereocenters. The Kier molecular flexibility index (Phi) is 4.36. The van der Waals surface area contributed by atoms with E-state index in [1.54, 1.807) is 18.2 Å². The molecule has 1 unspecified atom stereocenters. The second kappa shape index (κ2) is 6.20. The molecule has 0 bridgehead atoms. The predicted octanol–water partition coefficient (Wildman–Crippen LogP) is 3.69. The molecular formula is C14H11ClN4O2. The first-order valence-electron chi connectivity index (χ1n) is 6.09. The molecule has 0 spiro atoms. The summed E-state index contributed by atoms with van der Waals surface area (Å²) in [6, 6.07) is 11.7. The van der Waals surface area contributed by atoms with Crippen LogP contribution >= 0.6 is 11.6 Å². The lowest BCUT2D eigenvalue weighted by molar-refractivity contribution is -0.385. The Labute approximate surface area is 126 Å². The van der Waals surface area contributed by atoms with E-state index in [0.717, 1.165) is 5.56 Å². The van der Waals surface area contributed by atoms with E-state index in [-0.39, 0.29) is 17.4 Å². The summed E-state index contributed by atoms with van der Waals surface area (Å²) in [7, 11) is 0. The summed E-state index contributed by atoms with van der Waals surface area (Å²) in [5.74, 6) is 0.402. The lowest BCUT2D eigenvalue weighted by atomic mass is 10.1. The molecule has 0 aliphatic heterocycles. The molecule has 2 aromatic rings. The number of nitro groups is 1. The molecule has 0 aliphatic carbocycles. The molecule has 0 aliphatic rings. The second-order valence-electron chi connectivity index (χ2n) is 4.35. The van der Waals surface area contributed by atoms with Gasteiger partial charge in [-0.2, -0.15) is 5.26 Å². The first kappa shape index (κ1) is 14.8. The Morgan fingerprint density at radius 2 is 2.00 bits per heavy atom. The zero-order valence-corrected chi connectivity index (χ0v) is 11.8. The van der Waals surface area contributed by atoms with Crippen LogP contribution < -0.4 is 5.32 Å². The van der Waals surface area contributed by atoms with E-state index >= 15 is 0 Å². The fourth-order valence-corrected chi connectivity index (χ4v) is 1.94. The highest BCUT2D eigenvalue weighted by molar-refractivity contribution is 6.30. The van der Waals surface area contributed by atoms with Gasteiger partial charge in [0.2, 0.25) is 5.69 Å². The van der Waals surface area contributed by atoms with Crippen molar-refractivity contribution in [2.24, 2.45) is 0 Å². The van der Waals surface area contributed by atoms with Crippen molar-refractivity contribution in [3.8, 4) is 6.07 Å². The van der Waals surface area contributed by atoms with Crippen LogP contribution in [-0.2, 0) is 0 Å². The monoisotopic (exact) mass is 302 g/mol. The van der Waals surface area contributed by atoms with Gasteiger partial charge in [-0.3, -0.25) is 10.1 Å². The van der Waals surface area contributed by atoms with Crippen molar-refractivity contribution in [3.63, 3.8) is 0 Å². The van der Waals surface area contributed by atoms with Crippen molar-refractivity contribution in [3.05, 3.63) is 62.8 Å². The number of halogens is 1. The van der Waals surface area contributed by atoms with Gasteiger partial charge in [0.15, 0.2) is 0 Å². The summed E-state index contributed by atoms with van der Waals surface area (Å²) < 4.78 is 0. The number of anilines is 1. The maximum atomic E-state index is 10.7. The molecule has 0 fully saturated rings. The normalized spacial score (nSPS) is 11.5. The van der Waals surface area contributed by atoms with Crippen LogP contribution in [0.5, 0.6) is 0 Å². The average molecular weight is 303 g/mol. The van der Waals surface area contributed by atoms with Gasteiger partial charge in [-0.25, -0.2) is 4.98 Å². The number of hydrogen-bond acceptors (Lipinski definition) is 5. The molecule has 0 saturated heterocycles. The van der Waals surface area contributed by atoms with Crippen molar-refractivity contribution in [2.45, 2.75) is 13.0 Å². The Bertz CT molecular complexity index is 710. The zero-order chi connectivity index (χ0) is 15.4. The van der Waals surface area contributed by atoms with Gasteiger partial charge in [0, 0.05) is 17.1 Å². The van der Waals surface area contributed by atoms with Gasteiger partial charge in [0.05, 0.1) is 4.92 Å². The summed E-state index contributed by atoms with van der Waals surface area (Å²) >= 11 is 5.83. The predicted molar refractivity (Wildman–Crippen MR) is 79.1 cm³/mol. The highest BCUT2D eigenvalue weighted by Crippen LogP contribution is 2.23. The minimum atomic E-state index is -0.627. The summed E-state index contributed by atoms with van der Waals surface area (Å²) in [4.78, 5) is 14.1. The first-order chi connectivity index (χ1) is 10.0. The van der Waals surface area contributed by atoms with Gasteiger partial charge in [-0.15, -0.1) is 0 Å². The minimum absolute atomic E-state index is 0.0808. The number of pyridine rings is 1. The van der Waals surface area contributed by atoms with Gasteiger partial charge < -0.3 is 5.32 Å². The van der Waals surface area contributed by atoms with Crippen molar-refractivity contribution >= 4 is 23.1 Å². The fourth-order valence-electron chi connectivity index (χ4n) is 1.82. The largest absolute Gasteiger partial charge is 0.364 e. The number of aromatic nitrogens is 1. The Balaban J connectivity index is 2.22. The molecular weight excluding hydrogens is 292 g/mol. The van der Waals surface area contributed by atoms with Crippen LogP contribution in [0.4, 0.5) is 11.5 Å². The molecule has 21 heavy (non-hydrogen) atoms. The summed E-state index contributed by atoms with van der Waals surface area (Å²) in [6.45, 7) is 1.92. The maximum absolute atomic E-state index is 10.7. The summed E-state index contributed by atoms with van der Waals surface area (Å²) in [6.07, 6.45) is 0. The van der Waals surface area contributed by atoms with E-state index in [0.29, 0.717) is 10.8 Å². The molecule has 6 nitrogen and oxygen atoms in total. The van der Waals surface area contributed by atoms with Crippen LogP contribution in [0, 0.1) is 21.4 Å². The van der Waals surface area contributed by atoms with E-state index in [2.05, 4.69) is 10.3 Å². The number of nitriles is 1. The van der Waals surface area contributed by atoms with Crippen LogP contribution in [0.15, 0.2) is 36.4 Å². The maximum Gasteiger partial charge on any atom is 0.305 e. The van der Waals surface area contributed by atoms with Gasteiger partial charge in [-0.05, 0) is 30.7 Å².